The lowest BCUT2D eigenvalue weighted by Gasteiger charge is -2.25. The van der Waals surface area contributed by atoms with Gasteiger partial charge in [0.2, 0.25) is 0 Å². The zero-order valence-corrected chi connectivity index (χ0v) is 19.5. The van der Waals surface area contributed by atoms with Crippen LogP contribution in [-0.4, -0.2) is 21.2 Å². The summed E-state index contributed by atoms with van der Waals surface area (Å²) in [7, 11) is -3.77. The standard InChI is InChI=1S/C27H25N3O3S/c1-2-33-26-17-19-27(20-18-26)34(31,32)29-28-21-22-13-15-25(16-14-22)30(23-9-5-3-6-10-23)24-11-7-4-8-12-24/h3-21,29H,2H2,1H3/b28-21-. The number of hydrazone groups is 1. The Kier molecular flexibility index (Phi) is 7.25. The highest BCUT2D eigenvalue weighted by atomic mass is 32.2. The van der Waals surface area contributed by atoms with Crippen molar-refractivity contribution < 1.29 is 13.2 Å². The van der Waals surface area contributed by atoms with E-state index in [2.05, 4.69) is 39.1 Å². The van der Waals surface area contributed by atoms with Crippen molar-refractivity contribution in [2.24, 2.45) is 5.10 Å². The van der Waals surface area contributed by atoms with Gasteiger partial charge in [0.1, 0.15) is 5.75 Å². The first-order valence-corrected chi connectivity index (χ1v) is 12.3. The maximum atomic E-state index is 12.5. The molecule has 0 saturated heterocycles. The lowest BCUT2D eigenvalue weighted by Crippen LogP contribution is -2.18. The third-order valence-corrected chi connectivity index (χ3v) is 6.25. The summed E-state index contributed by atoms with van der Waals surface area (Å²) in [6, 6.07) is 34.1. The average molecular weight is 472 g/mol. The van der Waals surface area contributed by atoms with Crippen LogP contribution in [0.25, 0.3) is 0 Å². The highest BCUT2D eigenvalue weighted by molar-refractivity contribution is 7.89. The summed E-state index contributed by atoms with van der Waals surface area (Å²) in [5, 5.41) is 3.93. The van der Waals surface area contributed by atoms with Crippen LogP contribution in [0.5, 0.6) is 5.75 Å². The zero-order valence-electron chi connectivity index (χ0n) is 18.7. The minimum atomic E-state index is -3.77. The number of para-hydroxylation sites is 2. The van der Waals surface area contributed by atoms with E-state index >= 15 is 0 Å². The molecule has 0 radical (unpaired) electrons. The molecule has 0 atom stereocenters. The predicted octanol–water partition coefficient (Wildman–Crippen LogP) is 5.87. The van der Waals surface area contributed by atoms with Gasteiger partial charge in [-0.05, 0) is 73.2 Å². The van der Waals surface area contributed by atoms with E-state index in [0.29, 0.717) is 12.4 Å². The van der Waals surface area contributed by atoms with Crippen molar-refractivity contribution in [2.75, 3.05) is 11.5 Å². The van der Waals surface area contributed by atoms with Crippen molar-refractivity contribution in [1.29, 1.82) is 0 Å². The Morgan fingerprint density at radius 1 is 0.765 bits per heavy atom. The summed E-state index contributed by atoms with van der Waals surface area (Å²) < 4.78 is 30.3. The Labute approximate surface area is 200 Å². The maximum Gasteiger partial charge on any atom is 0.276 e. The van der Waals surface area contributed by atoms with Crippen LogP contribution in [0.1, 0.15) is 12.5 Å². The molecular formula is C27H25N3O3S. The maximum absolute atomic E-state index is 12.5. The first-order valence-electron chi connectivity index (χ1n) is 10.8. The molecule has 6 nitrogen and oxygen atoms in total. The van der Waals surface area contributed by atoms with Crippen LogP contribution >= 0.6 is 0 Å². The van der Waals surface area contributed by atoms with Crippen LogP contribution in [0.4, 0.5) is 17.1 Å². The molecule has 7 heteroatoms. The molecule has 34 heavy (non-hydrogen) atoms. The van der Waals surface area contributed by atoms with Crippen LogP contribution in [0.3, 0.4) is 0 Å². The number of ether oxygens (including phenoxy) is 1. The zero-order chi connectivity index (χ0) is 23.8. The molecule has 4 rings (SSSR count). The fourth-order valence-electron chi connectivity index (χ4n) is 3.42. The van der Waals surface area contributed by atoms with E-state index in [0.717, 1.165) is 22.6 Å². The van der Waals surface area contributed by atoms with Gasteiger partial charge in [-0.15, -0.1) is 0 Å². The molecule has 0 heterocycles. The van der Waals surface area contributed by atoms with Gasteiger partial charge in [0, 0.05) is 17.1 Å². The van der Waals surface area contributed by atoms with Crippen LogP contribution in [0.2, 0.25) is 0 Å². The van der Waals surface area contributed by atoms with E-state index in [1.54, 1.807) is 12.1 Å². The highest BCUT2D eigenvalue weighted by Gasteiger charge is 2.13. The van der Waals surface area contributed by atoms with Crippen molar-refractivity contribution in [3.63, 3.8) is 0 Å². The summed E-state index contributed by atoms with van der Waals surface area (Å²) in [5.41, 5.74) is 3.82. The van der Waals surface area contributed by atoms with Crippen molar-refractivity contribution >= 4 is 33.3 Å². The van der Waals surface area contributed by atoms with Gasteiger partial charge in [-0.1, -0.05) is 48.5 Å². The van der Waals surface area contributed by atoms with Gasteiger partial charge in [-0.25, -0.2) is 4.83 Å². The molecule has 0 spiro atoms. The largest absolute Gasteiger partial charge is 0.494 e. The third-order valence-electron chi connectivity index (χ3n) is 5.01. The van der Waals surface area contributed by atoms with E-state index in [4.69, 9.17) is 4.74 Å². The number of rotatable bonds is 9. The number of hydrogen-bond acceptors (Lipinski definition) is 5. The minimum absolute atomic E-state index is 0.116. The van der Waals surface area contributed by atoms with Crippen molar-refractivity contribution in [1.82, 2.24) is 4.83 Å². The molecule has 0 fully saturated rings. The molecule has 4 aromatic rings. The molecule has 4 aromatic carbocycles. The van der Waals surface area contributed by atoms with E-state index in [1.807, 2.05) is 67.6 Å². The van der Waals surface area contributed by atoms with Crippen LogP contribution in [-0.2, 0) is 10.0 Å². The first kappa shape index (κ1) is 23.1. The summed E-state index contributed by atoms with van der Waals surface area (Å²) in [6.45, 7) is 2.39. The van der Waals surface area contributed by atoms with Crippen molar-refractivity contribution in [3.8, 4) is 5.75 Å². The number of nitrogens with zero attached hydrogens (tertiary/aromatic N) is 2. The van der Waals surface area contributed by atoms with Crippen LogP contribution in [0.15, 0.2) is 119 Å². The number of anilines is 3. The summed E-state index contributed by atoms with van der Waals surface area (Å²) in [4.78, 5) is 4.52. The minimum Gasteiger partial charge on any atom is -0.494 e. The Bertz CT molecular complexity index is 1280. The number of nitrogens with one attached hydrogen (secondary N) is 1. The fraction of sp³-hybridized carbons (Fsp3) is 0.0741. The van der Waals surface area contributed by atoms with E-state index < -0.39 is 10.0 Å². The molecular weight excluding hydrogens is 446 g/mol. The van der Waals surface area contributed by atoms with Gasteiger partial charge in [0.15, 0.2) is 0 Å². The molecule has 0 aliphatic heterocycles. The van der Waals surface area contributed by atoms with E-state index in [1.165, 1.54) is 18.3 Å². The molecule has 0 amide bonds. The molecule has 0 aliphatic carbocycles. The second-order valence-electron chi connectivity index (χ2n) is 7.36. The average Bonchev–Trinajstić information content (AvgIpc) is 2.87. The lowest BCUT2D eigenvalue weighted by atomic mass is 10.1. The predicted molar refractivity (Wildman–Crippen MR) is 137 cm³/mol. The topological polar surface area (TPSA) is 71.0 Å². The highest BCUT2D eigenvalue weighted by Crippen LogP contribution is 2.33. The monoisotopic (exact) mass is 471 g/mol. The number of sulfonamides is 1. The molecule has 0 unspecified atom stereocenters. The molecule has 172 valence electrons. The third kappa shape index (κ3) is 5.63. The molecule has 0 aliphatic rings. The second-order valence-corrected chi connectivity index (χ2v) is 9.02. The second kappa shape index (κ2) is 10.7. The van der Waals surface area contributed by atoms with Crippen molar-refractivity contribution in [2.45, 2.75) is 11.8 Å². The van der Waals surface area contributed by atoms with Gasteiger partial charge in [0.25, 0.3) is 10.0 Å². The van der Waals surface area contributed by atoms with Gasteiger partial charge in [-0.2, -0.15) is 13.5 Å². The van der Waals surface area contributed by atoms with Gasteiger partial charge in [-0.3, -0.25) is 0 Å². The van der Waals surface area contributed by atoms with Gasteiger partial charge in [0.05, 0.1) is 17.7 Å². The van der Waals surface area contributed by atoms with Crippen molar-refractivity contribution in [3.05, 3.63) is 115 Å². The van der Waals surface area contributed by atoms with Crippen LogP contribution < -0.4 is 14.5 Å². The van der Waals surface area contributed by atoms with E-state index in [-0.39, 0.29) is 4.90 Å². The normalized spacial score (nSPS) is 11.3. The van der Waals surface area contributed by atoms with Crippen LogP contribution in [0, 0.1) is 0 Å². The first-order chi connectivity index (χ1) is 16.6. The Hall–Kier alpha value is -4.10. The molecule has 0 aromatic heterocycles. The van der Waals surface area contributed by atoms with Gasteiger partial charge >= 0.3 is 0 Å². The molecule has 0 bridgehead atoms. The summed E-state index contributed by atoms with van der Waals surface area (Å²) in [5.74, 6) is 0.616. The smallest absolute Gasteiger partial charge is 0.276 e. The Morgan fingerprint density at radius 3 is 1.82 bits per heavy atom. The Balaban J connectivity index is 1.49. The molecule has 0 saturated carbocycles. The fourth-order valence-corrected chi connectivity index (χ4v) is 4.21. The lowest BCUT2D eigenvalue weighted by molar-refractivity contribution is 0.340. The Morgan fingerprint density at radius 2 is 1.29 bits per heavy atom. The quantitative estimate of drug-likeness (QED) is 0.245. The van der Waals surface area contributed by atoms with Gasteiger partial charge < -0.3 is 9.64 Å². The van der Waals surface area contributed by atoms with E-state index in [9.17, 15) is 8.42 Å². The number of benzene rings is 4. The number of hydrogen-bond donors (Lipinski definition) is 1. The molecule has 1 N–H and O–H groups in total. The SMILES string of the molecule is CCOc1ccc(S(=O)(=O)N/N=C\c2ccc(N(c3ccccc3)c3ccccc3)cc2)cc1. The summed E-state index contributed by atoms with van der Waals surface area (Å²) in [6.07, 6.45) is 1.48. The summed E-state index contributed by atoms with van der Waals surface area (Å²) >= 11 is 0.